The third-order valence-corrected chi connectivity index (χ3v) is 11.4. The number of para-hydroxylation sites is 4. The standard InChI is InChI=1S/C54H53N3O/c1-33(2)40-30-41(34(3)4)32-42(31-40)38-19-14-20-39(29-38)48-28-27-45(37-17-10-9-11-18-37)51(55-48)46-23-16-24-47(53(46)58)54-56-49-25-12-13-26-50(49)57(54)52-43(35(5)6)21-15-22-44(52)36(7)8/h9-36,58H,1-8H3. The average molecular weight is 760 g/mol. The number of phenolic OH excluding ortho intramolecular Hbond substituents is 1. The topological polar surface area (TPSA) is 50.9 Å². The maximum Gasteiger partial charge on any atom is 0.149 e. The van der Waals surface area contributed by atoms with Crippen LogP contribution in [-0.4, -0.2) is 19.6 Å². The van der Waals surface area contributed by atoms with Crippen molar-refractivity contribution in [3.63, 3.8) is 0 Å². The Kier molecular flexibility index (Phi) is 10.6. The van der Waals surface area contributed by atoms with Gasteiger partial charge in [0.05, 0.1) is 33.7 Å². The third kappa shape index (κ3) is 7.24. The predicted molar refractivity (Wildman–Crippen MR) is 244 cm³/mol. The minimum atomic E-state index is 0.148. The summed E-state index contributed by atoms with van der Waals surface area (Å²) in [5, 5.41) is 12.6. The molecule has 0 unspecified atom stereocenters. The third-order valence-electron chi connectivity index (χ3n) is 11.4. The normalized spacial score (nSPS) is 11.8. The summed E-state index contributed by atoms with van der Waals surface area (Å²) in [6.07, 6.45) is 0. The number of fused-ring (bicyclic) bond motifs is 1. The van der Waals surface area contributed by atoms with Crippen LogP contribution in [0, 0.1) is 0 Å². The van der Waals surface area contributed by atoms with E-state index < -0.39 is 0 Å². The lowest BCUT2D eigenvalue weighted by Crippen LogP contribution is -2.08. The highest BCUT2D eigenvalue weighted by atomic mass is 16.3. The van der Waals surface area contributed by atoms with Gasteiger partial charge in [-0.2, -0.15) is 0 Å². The highest BCUT2D eigenvalue weighted by Crippen LogP contribution is 2.45. The van der Waals surface area contributed by atoms with Gasteiger partial charge in [-0.05, 0) is 99.0 Å². The molecule has 0 aliphatic heterocycles. The lowest BCUT2D eigenvalue weighted by molar-refractivity contribution is 0.478. The maximum absolute atomic E-state index is 12.6. The summed E-state index contributed by atoms with van der Waals surface area (Å²) in [6.45, 7) is 18.0. The zero-order chi connectivity index (χ0) is 40.7. The van der Waals surface area contributed by atoms with Gasteiger partial charge in [0.2, 0.25) is 0 Å². The second-order valence-electron chi connectivity index (χ2n) is 16.8. The number of rotatable bonds is 10. The molecule has 290 valence electrons. The summed E-state index contributed by atoms with van der Waals surface area (Å²) in [4.78, 5) is 10.7. The molecule has 8 aromatic rings. The van der Waals surface area contributed by atoms with Crippen LogP contribution >= 0.6 is 0 Å². The lowest BCUT2D eigenvalue weighted by atomic mass is 9.90. The van der Waals surface area contributed by atoms with E-state index in [1.165, 1.54) is 27.8 Å². The van der Waals surface area contributed by atoms with E-state index in [4.69, 9.17) is 9.97 Å². The van der Waals surface area contributed by atoms with Gasteiger partial charge in [-0.1, -0.05) is 165 Å². The van der Waals surface area contributed by atoms with Crippen molar-refractivity contribution in [3.05, 3.63) is 168 Å². The highest BCUT2D eigenvalue weighted by Gasteiger charge is 2.25. The second-order valence-corrected chi connectivity index (χ2v) is 16.8. The molecule has 6 aromatic carbocycles. The largest absolute Gasteiger partial charge is 0.506 e. The van der Waals surface area contributed by atoms with Gasteiger partial charge in [-0.3, -0.25) is 4.57 Å². The molecule has 0 aliphatic carbocycles. The molecule has 0 fully saturated rings. The molecule has 4 heteroatoms. The molecule has 0 aliphatic rings. The fourth-order valence-corrected chi connectivity index (χ4v) is 8.16. The van der Waals surface area contributed by atoms with Gasteiger partial charge in [-0.25, -0.2) is 9.97 Å². The number of pyridine rings is 1. The molecule has 0 spiro atoms. The van der Waals surface area contributed by atoms with Crippen molar-refractivity contribution in [1.82, 2.24) is 14.5 Å². The molecule has 0 atom stereocenters. The summed E-state index contributed by atoms with van der Waals surface area (Å²) in [5.74, 6) is 2.25. The molecule has 0 bridgehead atoms. The summed E-state index contributed by atoms with van der Waals surface area (Å²) in [6, 6.07) is 51.1. The molecule has 8 rings (SSSR count). The van der Waals surface area contributed by atoms with Gasteiger partial charge in [0, 0.05) is 16.7 Å². The van der Waals surface area contributed by atoms with Gasteiger partial charge < -0.3 is 5.11 Å². The van der Waals surface area contributed by atoms with Gasteiger partial charge in [0.1, 0.15) is 11.6 Å². The molecule has 2 aromatic heterocycles. The molecule has 1 N–H and O–H groups in total. The quantitative estimate of drug-likeness (QED) is 0.151. The van der Waals surface area contributed by atoms with E-state index in [1.807, 2.05) is 42.5 Å². The Bertz CT molecular complexity index is 2700. The summed E-state index contributed by atoms with van der Waals surface area (Å²) in [7, 11) is 0. The first-order valence-corrected chi connectivity index (χ1v) is 20.8. The van der Waals surface area contributed by atoms with E-state index in [1.54, 1.807) is 0 Å². The summed E-state index contributed by atoms with van der Waals surface area (Å²) in [5.41, 5.74) is 16.4. The predicted octanol–water partition coefficient (Wildman–Crippen LogP) is 15.0. The van der Waals surface area contributed by atoms with Crippen molar-refractivity contribution in [2.24, 2.45) is 0 Å². The Hall–Kier alpha value is -6.26. The number of aromatic nitrogens is 3. The first-order valence-electron chi connectivity index (χ1n) is 20.8. The zero-order valence-electron chi connectivity index (χ0n) is 35.0. The van der Waals surface area contributed by atoms with E-state index >= 15 is 0 Å². The first kappa shape index (κ1) is 38.6. The lowest BCUT2D eigenvalue weighted by Gasteiger charge is -2.23. The van der Waals surface area contributed by atoms with E-state index in [9.17, 15) is 5.11 Å². The van der Waals surface area contributed by atoms with Crippen molar-refractivity contribution in [3.8, 4) is 67.6 Å². The van der Waals surface area contributed by atoms with Crippen LogP contribution in [0.2, 0.25) is 0 Å². The molecule has 0 amide bonds. The number of hydrogen-bond donors (Lipinski definition) is 1. The van der Waals surface area contributed by atoms with Crippen molar-refractivity contribution in [2.45, 2.75) is 79.1 Å². The minimum Gasteiger partial charge on any atom is -0.506 e. The number of benzene rings is 6. The van der Waals surface area contributed by atoms with Gasteiger partial charge >= 0.3 is 0 Å². The van der Waals surface area contributed by atoms with Crippen LogP contribution in [0.25, 0.3) is 72.9 Å². The van der Waals surface area contributed by atoms with E-state index in [-0.39, 0.29) is 17.6 Å². The Balaban J connectivity index is 1.33. The van der Waals surface area contributed by atoms with Crippen molar-refractivity contribution >= 4 is 11.0 Å². The maximum atomic E-state index is 12.6. The molecule has 2 heterocycles. The van der Waals surface area contributed by atoms with E-state index in [2.05, 4.69) is 163 Å². The van der Waals surface area contributed by atoms with Gasteiger partial charge in [-0.15, -0.1) is 0 Å². The molecular formula is C54H53N3O. The molecule has 58 heavy (non-hydrogen) atoms. The Morgan fingerprint density at radius 1 is 0.448 bits per heavy atom. The second kappa shape index (κ2) is 15.9. The minimum absolute atomic E-state index is 0.148. The molecule has 0 saturated carbocycles. The highest BCUT2D eigenvalue weighted by molar-refractivity contribution is 5.91. The number of nitrogens with zero attached hydrogens (tertiary/aromatic N) is 3. The molecule has 0 saturated heterocycles. The number of hydrogen-bond acceptors (Lipinski definition) is 3. The smallest absolute Gasteiger partial charge is 0.149 e. The van der Waals surface area contributed by atoms with Crippen LogP contribution in [0.4, 0.5) is 0 Å². The van der Waals surface area contributed by atoms with Crippen LogP contribution in [-0.2, 0) is 0 Å². The number of aromatic hydroxyl groups is 1. The molecule has 0 radical (unpaired) electrons. The fourth-order valence-electron chi connectivity index (χ4n) is 8.16. The number of phenols is 1. The van der Waals surface area contributed by atoms with Gasteiger partial charge in [0.25, 0.3) is 0 Å². The summed E-state index contributed by atoms with van der Waals surface area (Å²) >= 11 is 0. The Morgan fingerprint density at radius 3 is 1.71 bits per heavy atom. The number of imidazole rings is 1. The molecular weight excluding hydrogens is 707 g/mol. The zero-order valence-corrected chi connectivity index (χ0v) is 35.0. The monoisotopic (exact) mass is 759 g/mol. The first-order chi connectivity index (χ1) is 28.0. The SMILES string of the molecule is CC(C)c1cc(-c2cccc(-c3ccc(-c4ccccc4)c(-c4cccc(-c5nc6ccccc6n5-c5c(C(C)C)cccc5C(C)C)c4O)n3)c2)cc(C(C)C)c1. The van der Waals surface area contributed by atoms with Crippen LogP contribution in [0.3, 0.4) is 0 Å². The van der Waals surface area contributed by atoms with Crippen molar-refractivity contribution < 1.29 is 5.11 Å². The summed E-state index contributed by atoms with van der Waals surface area (Å²) < 4.78 is 2.27. The van der Waals surface area contributed by atoms with Gasteiger partial charge in [0.15, 0.2) is 0 Å². The fraction of sp³-hybridized carbons (Fsp3) is 0.222. The van der Waals surface area contributed by atoms with Crippen molar-refractivity contribution in [2.75, 3.05) is 0 Å². The van der Waals surface area contributed by atoms with Crippen molar-refractivity contribution in [1.29, 1.82) is 0 Å². The average Bonchev–Trinajstić information content (AvgIpc) is 3.62. The van der Waals surface area contributed by atoms with E-state index in [0.29, 0.717) is 34.5 Å². The van der Waals surface area contributed by atoms with Crippen LogP contribution in [0.15, 0.2) is 146 Å². The van der Waals surface area contributed by atoms with Crippen LogP contribution in [0.1, 0.15) is 101 Å². The van der Waals surface area contributed by atoms with Crippen LogP contribution in [0.5, 0.6) is 5.75 Å². The Morgan fingerprint density at radius 2 is 1.03 bits per heavy atom. The Labute approximate surface area is 343 Å². The molecule has 4 nitrogen and oxygen atoms in total. The van der Waals surface area contributed by atoms with Crippen LogP contribution < -0.4 is 0 Å². The van der Waals surface area contributed by atoms with E-state index in [0.717, 1.165) is 44.7 Å².